The molecule has 1 heterocycles. The van der Waals surface area contributed by atoms with Crippen molar-refractivity contribution in [1.82, 2.24) is 10.2 Å². The van der Waals surface area contributed by atoms with E-state index in [0.717, 1.165) is 19.5 Å². The lowest BCUT2D eigenvalue weighted by atomic mass is 10.1. The second-order valence-corrected chi connectivity index (χ2v) is 5.46. The van der Waals surface area contributed by atoms with Crippen molar-refractivity contribution < 1.29 is 13.0 Å². The van der Waals surface area contributed by atoms with Gasteiger partial charge in [-0.1, -0.05) is 13.8 Å². The summed E-state index contributed by atoms with van der Waals surface area (Å²) in [4.78, 5) is 1.89. The van der Waals surface area contributed by atoms with E-state index in [2.05, 4.69) is 5.32 Å². The molecule has 1 saturated heterocycles. The number of hydrogen-bond acceptors (Lipinski definition) is 4. The number of rotatable bonds is 4. The number of piperazine rings is 1. The molecule has 90 valence electrons. The summed E-state index contributed by atoms with van der Waals surface area (Å²) in [5.74, 6) is 0. The molecule has 1 rings (SSSR count). The zero-order valence-corrected chi connectivity index (χ0v) is 10.1. The third-order valence-electron chi connectivity index (χ3n) is 2.93. The summed E-state index contributed by atoms with van der Waals surface area (Å²) in [7, 11) is -3.96. The third-order valence-corrected chi connectivity index (χ3v) is 4.22. The van der Waals surface area contributed by atoms with Crippen molar-refractivity contribution in [1.29, 1.82) is 0 Å². The van der Waals surface area contributed by atoms with E-state index in [-0.39, 0.29) is 6.04 Å². The lowest BCUT2D eigenvalue weighted by molar-refractivity contribution is 0.132. The minimum Gasteiger partial charge on any atom is -0.314 e. The van der Waals surface area contributed by atoms with Crippen LogP contribution < -0.4 is 5.32 Å². The van der Waals surface area contributed by atoms with E-state index in [1.165, 1.54) is 0 Å². The Morgan fingerprint density at radius 3 is 2.67 bits per heavy atom. The fraction of sp³-hybridized carbons (Fsp3) is 1.00. The van der Waals surface area contributed by atoms with Crippen LogP contribution in [-0.4, -0.2) is 48.9 Å². The van der Waals surface area contributed by atoms with E-state index < -0.39 is 15.5 Å². The average Bonchev–Trinajstić information content (AvgIpc) is 2.17. The van der Waals surface area contributed by atoms with Gasteiger partial charge in [-0.25, -0.2) is 0 Å². The second kappa shape index (κ2) is 5.25. The van der Waals surface area contributed by atoms with Crippen LogP contribution in [0.3, 0.4) is 0 Å². The molecule has 1 fully saturated rings. The second-order valence-electron chi connectivity index (χ2n) is 3.88. The van der Waals surface area contributed by atoms with Gasteiger partial charge in [0.1, 0.15) is 5.37 Å². The van der Waals surface area contributed by atoms with Crippen molar-refractivity contribution in [2.24, 2.45) is 0 Å². The first-order valence-corrected chi connectivity index (χ1v) is 6.93. The van der Waals surface area contributed by atoms with Crippen LogP contribution in [0.25, 0.3) is 0 Å². The molecule has 0 radical (unpaired) electrons. The molecule has 2 unspecified atom stereocenters. The van der Waals surface area contributed by atoms with Crippen molar-refractivity contribution in [3.05, 3.63) is 0 Å². The van der Waals surface area contributed by atoms with Crippen molar-refractivity contribution in [3.63, 3.8) is 0 Å². The maximum atomic E-state index is 11.2. The first kappa shape index (κ1) is 12.9. The van der Waals surface area contributed by atoms with E-state index >= 15 is 0 Å². The van der Waals surface area contributed by atoms with Crippen LogP contribution in [0.2, 0.25) is 0 Å². The first-order chi connectivity index (χ1) is 7.00. The molecule has 1 aliphatic heterocycles. The average molecular weight is 236 g/mol. The normalized spacial score (nSPS) is 26.5. The maximum Gasteiger partial charge on any atom is 0.281 e. The van der Waals surface area contributed by atoms with Crippen molar-refractivity contribution in [2.75, 3.05) is 19.6 Å². The predicted molar refractivity (Wildman–Crippen MR) is 59.3 cm³/mol. The molecule has 2 N–H and O–H groups in total. The summed E-state index contributed by atoms with van der Waals surface area (Å²) in [5, 5.41) is 2.48. The topological polar surface area (TPSA) is 69.6 Å². The fourth-order valence-electron chi connectivity index (χ4n) is 2.15. The summed E-state index contributed by atoms with van der Waals surface area (Å²) in [5.41, 5.74) is 0. The lowest BCUT2D eigenvalue weighted by Crippen LogP contribution is -2.56. The molecular formula is C9H20N2O3S. The van der Waals surface area contributed by atoms with Gasteiger partial charge in [0.25, 0.3) is 10.1 Å². The van der Waals surface area contributed by atoms with Gasteiger partial charge < -0.3 is 5.32 Å². The molecule has 0 aromatic carbocycles. The van der Waals surface area contributed by atoms with Crippen molar-refractivity contribution in [3.8, 4) is 0 Å². The van der Waals surface area contributed by atoms with Gasteiger partial charge in [0.2, 0.25) is 0 Å². The van der Waals surface area contributed by atoms with Gasteiger partial charge in [-0.2, -0.15) is 8.42 Å². The summed E-state index contributed by atoms with van der Waals surface area (Å²) < 4.78 is 31.6. The molecule has 5 nitrogen and oxygen atoms in total. The zero-order valence-electron chi connectivity index (χ0n) is 9.31. The standard InChI is InChI=1S/C9H20N2O3S/c1-3-8-7-10-5-6-11(8)9(4-2)15(12,13)14/h8-10H,3-7H2,1-2H3,(H,12,13,14). The van der Waals surface area contributed by atoms with Gasteiger partial charge in [0, 0.05) is 25.7 Å². The smallest absolute Gasteiger partial charge is 0.281 e. The molecular weight excluding hydrogens is 216 g/mol. The van der Waals surface area contributed by atoms with Gasteiger partial charge in [0.05, 0.1) is 0 Å². The number of hydrogen-bond donors (Lipinski definition) is 2. The Balaban J connectivity index is 2.81. The highest BCUT2D eigenvalue weighted by Gasteiger charge is 2.33. The van der Waals surface area contributed by atoms with Crippen LogP contribution in [0.15, 0.2) is 0 Å². The van der Waals surface area contributed by atoms with Gasteiger partial charge >= 0.3 is 0 Å². The molecule has 0 aromatic rings. The number of nitrogens with one attached hydrogen (secondary N) is 1. The van der Waals surface area contributed by atoms with Crippen LogP contribution in [-0.2, 0) is 10.1 Å². The molecule has 2 atom stereocenters. The highest BCUT2D eigenvalue weighted by molar-refractivity contribution is 7.86. The molecule has 15 heavy (non-hydrogen) atoms. The molecule has 0 saturated carbocycles. The van der Waals surface area contributed by atoms with Crippen LogP contribution in [0.5, 0.6) is 0 Å². The third kappa shape index (κ3) is 3.14. The fourth-order valence-corrected chi connectivity index (χ4v) is 3.19. The van der Waals surface area contributed by atoms with Crippen molar-refractivity contribution >= 4 is 10.1 Å². The van der Waals surface area contributed by atoms with Gasteiger partial charge in [-0.05, 0) is 12.8 Å². The van der Waals surface area contributed by atoms with Gasteiger partial charge in [0.15, 0.2) is 0 Å². The van der Waals surface area contributed by atoms with E-state index in [9.17, 15) is 8.42 Å². The van der Waals surface area contributed by atoms with Gasteiger partial charge in [-0.15, -0.1) is 0 Å². The van der Waals surface area contributed by atoms with Crippen LogP contribution in [0.4, 0.5) is 0 Å². The number of nitrogens with zero attached hydrogens (tertiary/aromatic N) is 1. The van der Waals surface area contributed by atoms with Crippen LogP contribution in [0.1, 0.15) is 26.7 Å². The summed E-state index contributed by atoms with van der Waals surface area (Å²) >= 11 is 0. The van der Waals surface area contributed by atoms with E-state index in [1.54, 1.807) is 6.92 Å². The molecule has 0 aliphatic carbocycles. The van der Waals surface area contributed by atoms with Crippen LogP contribution >= 0.6 is 0 Å². The Morgan fingerprint density at radius 2 is 2.20 bits per heavy atom. The zero-order chi connectivity index (χ0) is 11.5. The SMILES string of the molecule is CCC1CNCCN1C(CC)S(=O)(=O)O. The maximum absolute atomic E-state index is 11.2. The molecule has 0 amide bonds. The van der Waals surface area contributed by atoms with Crippen LogP contribution in [0, 0.1) is 0 Å². The summed E-state index contributed by atoms with van der Waals surface area (Å²) in [6.07, 6.45) is 1.31. The largest absolute Gasteiger partial charge is 0.314 e. The Morgan fingerprint density at radius 1 is 1.53 bits per heavy atom. The molecule has 0 spiro atoms. The quantitative estimate of drug-likeness (QED) is 0.687. The minimum atomic E-state index is -3.96. The summed E-state index contributed by atoms with van der Waals surface area (Å²) in [6, 6.07) is 0.200. The molecule has 0 bridgehead atoms. The first-order valence-electron chi connectivity index (χ1n) is 5.43. The van der Waals surface area contributed by atoms with Gasteiger partial charge in [-0.3, -0.25) is 9.45 Å². The Labute approximate surface area is 91.6 Å². The summed E-state index contributed by atoms with van der Waals surface area (Å²) in [6.45, 7) is 6.07. The Bertz CT molecular complexity index is 292. The highest BCUT2D eigenvalue weighted by Crippen LogP contribution is 2.17. The predicted octanol–water partition coefficient (Wildman–Crippen LogP) is 0.294. The monoisotopic (exact) mass is 236 g/mol. The molecule has 6 heteroatoms. The Hall–Kier alpha value is -0.170. The van der Waals surface area contributed by atoms with E-state index in [1.807, 2.05) is 11.8 Å². The highest BCUT2D eigenvalue weighted by atomic mass is 32.2. The molecule has 0 aromatic heterocycles. The lowest BCUT2D eigenvalue weighted by Gasteiger charge is -2.39. The Kier molecular flexibility index (Phi) is 4.51. The molecule has 1 aliphatic rings. The van der Waals surface area contributed by atoms with E-state index in [0.29, 0.717) is 13.0 Å². The minimum absolute atomic E-state index is 0.200. The van der Waals surface area contributed by atoms with E-state index in [4.69, 9.17) is 4.55 Å². The van der Waals surface area contributed by atoms with Crippen molar-refractivity contribution in [2.45, 2.75) is 38.1 Å².